The molecule has 2 N–H and O–H groups in total. The molecule has 0 saturated carbocycles. The number of rotatable bonds is 3. The number of nitrogens with one attached hydrogen (secondary N) is 2. The van der Waals surface area contributed by atoms with Crippen molar-refractivity contribution in [1.29, 1.82) is 0 Å². The van der Waals surface area contributed by atoms with Gasteiger partial charge in [0.2, 0.25) is 5.91 Å². The van der Waals surface area contributed by atoms with E-state index in [2.05, 4.69) is 10.6 Å². The van der Waals surface area contributed by atoms with Gasteiger partial charge in [0.15, 0.2) is 0 Å². The van der Waals surface area contributed by atoms with Gasteiger partial charge in [-0.15, -0.1) is 0 Å². The van der Waals surface area contributed by atoms with Crippen molar-refractivity contribution in [3.8, 4) is 0 Å². The van der Waals surface area contributed by atoms with Crippen LogP contribution in [0.25, 0.3) is 0 Å². The molecule has 1 saturated heterocycles. The summed E-state index contributed by atoms with van der Waals surface area (Å²) in [7, 11) is 3.34. The van der Waals surface area contributed by atoms with Gasteiger partial charge in [-0.3, -0.25) is 9.59 Å². The Labute approximate surface area is 129 Å². The zero-order chi connectivity index (χ0) is 15.4. The molecule has 1 aromatic carbocycles. The Hall–Kier alpha value is -1.59. The molecule has 6 heteroatoms. The smallest absolute Gasteiger partial charge is 0.255 e. The predicted octanol–water partition coefficient (Wildman–Crippen LogP) is 2.12. The number of hydrogen-bond donors (Lipinski definition) is 2. The van der Waals surface area contributed by atoms with Crippen LogP contribution >= 0.6 is 11.6 Å². The van der Waals surface area contributed by atoms with E-state index in [1.54, 1.807) is 32.3 Å². The molecule has 114 valence electrons. The van der Waals surface area contributed by atoms with E-state index < -0.39 is 0 Å². The second-order valence-electron chi connectivity index (χ2n) is 5.38. The van der Waals surface area contributed by atoms with Crippen LogP contribution in [0.15, 0.2) is 18.2 Å². The summed E-state index contributed by atoms with van der Waals surface area (Å²) in [6, 6.07) is 4.68. The summed E-state index contributed by atoms with van der Waals surface area (Å²) in [6.45, 7) is 0.844. The molecule has 1 fully saturated rings. The van der Waals surface area contributed by atoms with Crippen LogP contribution in [0.4, 0.5) is 5.69 Å². The van der Waals surface area contributed by atoms with Gasteiger partial charge in [0.25, 0.3) is 5.91 Å². The van der Waals surface area contributed by atoms with Crippen LogP contribution in [-0.2, 0) is 4.79 Å². The molecule has 1 heterocycles. The van der Waals surface area contributed by atoms with Crippen LogP contribution in [0.3, 0.4) is 0 Å². The maximum Gasteiger partial charge on any atom is 0.255 e. The molecule has 5 nitrogen and oxygen atoms in total. The number of carbonyl (C=O) groups is 2. The summed E-state index contributed by atoms with van der Waals surface area (Å²) in [4.78, 5) is 25.9. The third-order valence-corrected chi connectivity index (χ3v) is 3.74. The monoisotopic (exact) mass is 309 g/mol. The number of anilines is 1. The van der Waals surface area contributed by atoms with E-state index in [1.807, 2.05) is 0 Å². The lowest BCUT2D eigenvalue weighted by Gasteiger charge is -2.23. The van der Waals surface area contributed by atoms with Gasteiger partial charge in [0, 0.05) is 19.1 Å². The Morgan fingerprint density at radius 2 is 2.10 bits per heavy atom. The summed E-state index contributed by atoms with van der Waals surface area (Å²) in [5, 5.41) is 6.49. The fourth-order valence-corrected chi connectivity index (χ4v) is 2.51. The SMILES string of the molecule is CN(C)C(=O)c1ccc(Cl)cc1NC(=O)[C@@H]1CCCCN1. The van der Waals surface area contributed by atoms with Gasteiger partial charge in [-0.25, -0.2) is 0 Å². The van der Waals surface area contributed by atoms with Gasteiger partial charge in [0.05, 0.1) is 17.3 Å². The maximum absolute atomic E-state index is 12.3. The van der Waals surface area contributed by atoms with Gasteiger partial charge in [-0.1, -0.05) is 18.0 Å². The fourth-order valence-electron chi connectivity index (χ4n) is 2.34. The molecule has 1 aliphatic heterocycles. The van der Waals surface area contributed by atoms with Crippen molar-refractivity contribution in [1.82, 2.24) is 10.2 Å². The second kappa shape index (κ2) is 6.91. The normalized spacial score (nSPS) is 18.1. The lowest BCUT2D eigenvalue weighted by molar-refractivity contribution is -0.118. The Morgan fingerprint density at radius 1 is 1.33 bits per heavy atom. The largest absolute Gasteiger partial charge is 0.345 e. The van der Waals surface area contributed by atoms with Crippen LogP contribution in [0.2, 0.25) is 5.02 Å². The molecule has 2 rings (SSSR count). The lowest BCUT2D eigenvalue weighted by Crippen LogP contribution is -2.43. The molecule has 0 aromatic heterocycles. The molecule has 0 spiro atoms. The number of amides is 2. The van der Waals surface area contributed by atoms with Gasteiger partial charge in [0.1, 0.15) is 0 Å². The number of piperidine rings is 1. The molecule has 21 heavy (non-hydrogen) atoms. The third kappa shape index (κ3) is 3.95. The molecule has 2 amide bonds. The summed E-state index contributed by atoms with van der Waals surface area (Å²) < 4.78 is 0. The van der Waals surface area contributed by atoms with E-state index in [9.17, 15) is 9.59 Å². The average molecular weight is 310 g/mol. The number of halogens is 1. The zero-order valence-electron chi connectivity index (χ0n) is 12.3. The van der Waals surface area contributed by atoms with Crippen molar-refractivity contribution in [3.63, 3.8) is 0 Å². The summed E-state index contributed by atoms with van der Waals surface area (Å²) in [5.74, 6) is -0.289. The van der Waals surface area contributed by atoms with Crippen LogP contribution in [0, 0.1) is 0 Å². The number of benzene rings is 1. The number of carbonyl (C=O) groups excluding carboxylic acids is 2. The van der Waals surface area contributed by atoms with Crippen LogP contribution in [0.1, 0.15) is 29.6 Å². The van der Waals surface area contributed by atoms with Crippen molar-refractivity contribution in [2.45, 2.75) is 25.3 Å². The number of hydrogen-bond acceptors (Lipinski definition) is 3. The van der Waals surface area contributed by atoms with Crippen LogP contribution in [-0.4, -0.2) is 43.4 Å². The Kier molecular flexibility index (Phi) is 5.20. The summed E-state index contributed by atoms with van der Waals surface area (Å²) in [5.41, 5.74) is 0.895. The Balaban J connectivity index is 2.19. The minimum Gasteiger partial charge on any atom is -0.345 e. The highest BCUT2D eigenvalue weighted by atomic mass is 35.5. The fraction of sp³-hybridized carbons (Fsp3) is 0.467. The van der Waals surface area contributed by atoms with E-state index in [-0.39, 0.29) is 17.9 Å². The van der Waals surface area contributed by atoms with Crippen LogP contribution < -0.4 is 10.6 Å². The van der Waals surface area contributed by atoms with E-state index in [4.69, 9.17) is 11.6 Å². The Bertz CT molecular complexity index is 540. The average Bonchev–Trinajstić information content (AvgIpc) is 2.47. The summed E-state index contributed by atoms with van der Waals surface area (Å²) >= 11 is 5.98. The zero-order valence-corrected chi connectivity index (χ0v) is 13.0. The topological polar surface area (TPSA) is 61.4 Å². The highest BCUT2D eigenvalue weighted by molar-refractivity contribution is 6.31. The first-order valence-corrected chi connectivity index (χ1v) is 7.42. The molecule has 0 radical (unpaired) electrons. The Morgan fingerprint density at radius 3 is 2.71 bits per heavy atom. The van der Waals surface area contributed by atoms with Gasteiger partial charge in [-0.05, 0) is 37.6 Å². The summed E-state index contributed by atoms with van der Waals surface area (Å²) in [6.07, 6.45) is 2.93. The molecular weight excluding hydrogens is 290 g/mol. The molecular formula is C15H20ClN3O2. The van der Waals surface area contributed by atoms with E-state index >= 15 is 0 Å². The van der Waals surface area contributed by atoms with E-state index in [1.165, 1.54) is 4.90 Å². The molecule has 1 aliphatic rings. The first kappa shape index (κ1) is 15.8. The molecule has 0 bridgehead atoms. The minimum absolute atomic E-state index is 0.121. The van der Waals surface area contributed by atoms with Gasteiger partial charge < -0.3 is 15.5 Å². The highest BCUT2D eigenvalue weighted by Crippen LogP contribution is 2.23. The van der Waals surface area contributed by atoms with Crippen molar-refractivity contribution in [2.75, 3.05) is 26.0 Å². The molecule has 1 atom stereocenters. The quantitative estimate of drug-likeness (QED) is 0.899. The van der Waals surface area contributed by atoms with E-state index in [0.717, 1.165) is 25.8 Å². The lowest BCUT2D eigenvalue weighted by atomic mass is 10.0. The standard InChI is InChI=1S/C15H20ClN3O2/c1-19(2)15(21)11-7-6-10(16)9-13(11)18-14(20)12-5-3-4-8-17-12/h6-7,9,12,17H,3-5,8H2,1-2H3,(H,18,20)/t12-/m0/s1. The van der Waals surface area contributed by atoms with Gasteiger partial charge in [-0.2, -0.15) is 0 Å². The van der Waals surface area contributed by atoms with Crippen molar-refractivity contribution < 1.29 is 9.59 Å². The molecule has 1 aromatic rings. The third-order valence-electron chi connectivity index (χ3n) is 3.50. The molecule has 0 unspecified atom stereocenters. The minimum atomic E-state index is -0.208. The first-order chi connectivity index (χ1) is 9.99. The van der Waals surface area contributed by atoms with E-state index in [0.29, 0.717) is 16.3 Å². The van der Waals surface area contributed by atoms with Crippen molar-refractivity contribution in [3.05, 3.63) is 28.8 Å². The highest BCUT2D eigenvalue weighted by Gasteiger charge is 2.22. The van der Waals surface area contributed by atoms with Crippen molar-refractivity contribution in [2.24, 2.45) is 0 Å². The van der Waals surface area contributed by atoms with Gasteiger partial charge >= 0.3 is 0 Å². The van der Waals surface area contributed by atoms with Crippen LogP contribution in [0.5, 0.6) is 0 Å². The maximum atomic E-state index is 12.3. The first-order valence-electron chi connectivity index (χ1n) is 7.04. The molecule has 0 aliphatic carbocycles. The van der Waals surface area contributed by atoms with Crippen molar-refractivity contribution >= 4 is 29.1 Å². The second-order valence-corrected chi connectivity index (χ2v) is 5.82. The number of nitrogens with zero attached hydrogens (tertiary/aromatic N) is 1. The predicted molar refractivity (Wildman–Crippen MR) is 83.7 cm³/mol.